The van der Waals surface area contributed by atoms with Crippen LogP contribution in [-0.2, 0) is 11.4 Å². The number of carbonyl (C=O) groups excluding carboxylic acids is 1. The van der Waals surface area contributed by atoms with Crippen molar-refractivity contribution in [2.75, 3.05) is 6.61 Å². The van der Waals surface area contributed by atoms with Gasteiger partial charge in [0.15, 0.2) is 6.61 Å². The molecule has 0 aromatic heterocycles. The zero-order valence-electron chi connectivity index (χ0n) is 12.2. The van der Waals surface area contributed by atoms with Crippen LogP contribution in [0.25, 0.3) is 0 Å². The number of nitrogens with one attached hydrogen (secondary N) is 1. The average molecular weight is 344 g/mol. The van der Waals surface area contributed by atoms with Crippen molar-refractivity contribution in [3.05, 3.63) is 27.7 Å². The van der Waals surface area contributed by atoms with Crippen LogP contribution in [0.3, 0.4) is 0 Å². The molecular weight excluding hydrogens is 322 g/mol. The first-order chi connectivity index (χ1) is 9.47. The average Bonchev–Trinajstić information content (AvgIpc) is 2.36. The summed E-state index contributed by atoms with van der Waals surface area (Å²) in [6.07, 6.45) is 1.98. The molecule has 4 nitrogen and oxygen atoms in total. The van der Waals surface area contributed by atoms with Gasteiger partial charge in [0.1, 0.15) is 5.75 Å². The lowest BCUT2D eigenvalue weighted by Crippen LogP contribution is -2.36. The molecule has 0 saturated heterocycles. The Morgan fingerprint density at radius 3 is 2.80 bits per heavy atom. The Hall–Kier alpha value is -1.07. The predicted molar refractivity (Wildman–Crippen MR) is 82.8 cm³/mol. The Kier molecular flexibility index (Phi) is 7.02. The summed E-state index contributed by atoms with van der Waals surface area (Å²) >= 11 is 3.37. The van der Waals surface area contributed by atoms with Crippen LogP contribution in [0.5, 0.6) is 5.75 Å². The van der Waals surface area contributed by atoms with E-state index in [2.05, 4.69) is 28.2 Å². The monoisotopic (exact) mass is 343 g/mol. The summed E-state index contributed by atoms with van der Waals surface area (Å²) in [5.41, 5.74) is 1.56. The molecule has 0 saturated carbocycles. The number of aliphatic hydroxyl groups excluding tert-OH is 1. The lowest BCUT2D eigenvalue weighted by molar-refractivity contribution is -0.123. The number of rotatable bonds is 7. The van der Waals surface area contributed by atoms with Crippen molar-refractivity contribution in [2.24, 2.45) is 0 Å². The molecule has 0 spiro atoms. The summed E-state index contributed by atoms with van der Waals surface area (Å²) in [5.74, 6) is 0.436. The molecule has 1 atom stereocenters. The third kappa shape index (κ3) is 5.13. The van der Waals surface area contributed by atoms with Gasteiger partial charge in [0.05, 0.1) is 6.61 Å². The Labute approximate surface area is 128 Å². The van der Waals surface area contributed by atoms with Gasteiger partial charge in [-0.3, -0.25) is 4.79 Å². The van der Waals surface area contributed by atoms with Crippen LogP contribution in [0.15, 0.2) is 16.6 Å². The lowest BCUT2D eigenvalue weighted by atomic mass is 10.1. The van der Waals surface area contributed by atoms with E-state index >= 15 is 0 Å². The molecule has 20 heavy (non-hydrogen) atoms. The van der Waals surface area contributed by atoms with Gasteiger partial charge in [0, 0.05) is 16.1 Å². The Morgan fingerprint density at radius 2 is 2.20 bits per heavy atom. The summed E-state index contributed by atoms with van der Waals surface area (Å²) < 4.78 is 6.44. The van der Waals surface area contributed by atoms with Crippen LogP contribution in [-0.4, -0.2) is 23.7 Å². The number of benzene rings is 1. The van der Waals surface area contributed by atoms with E-state index in [0.29, 0.717) is 11.3 Å². The topological polar surface area (TPSA) is 58.6 Å². The molecule has 112 valence electrons. The molecule has 1 aromatic carbocycles. The van der Waals surface area contributed by atoms with Crippen molar-refractivity contribution in [1.29, 1.82) is 0 Å². The van der Waals surface area contributed by atoms with Crippen molar-refractivity contribution >= 4 is 21.8 Å². The van der Waals surface area contributed by atoms with Crippen molar-refractivity contribution in [1.82, 2.24) is 5.32 Å². The van der Waals surface area contributed by atoms with Gasteiger partial charge in [-0.15, -0.1) is 0 Å². The fraction of sp³-hybridized carbons (Fsp3) is 0.533. The molecule has 1 aromatic rings. The molecule has 0 radical (unpaired) electrons. The van der Waals surface area contributed by atoms with Gasteiger partial charge in [-0.1, -0.05) is 29.3 Å². The van der Waals surface area contributed by atoms with Crippen LogP contribution in [0.1, 0.15) is 37.8 Å². The number of ether oxygens (including phenoxy) is 1. The van der Waals surface area contributed by atoms with E-state index in [1.54, 1.807) is 6.07 Å². The SMILES string of the molecule is CCCC(C)NC(=O)COc1c(C)cc(Br)cc1CO. The zero-order chi connectivity index (χ0) is 15.1. The normalized spacial score (nSPS) is 12.1. The van der Waals surface area contributed by atoms with Gasteiger partial charge in [-0.2, -0.15) is 0 Å². The van der Waals surface area contributed by atoms with E-state index in [0.717, 1.165) is 22.9 Å². The van der Waals surface area contributed by atoms with Crippen LogP contribution in [0.2, 0.25) is 0 Å². The molecule has 0 aliphatic rings. The van der Waals surface area contributed by atoms with E-state index in [1.807, 2.05) is 19.9 Å². The van der Waals surface area contributed by atoms with Gasteiger partial charge in [-0.25, -0.2) is 0 Å². The second kappa shape index (κ2) is 8.27. The summed E-state index contributed by atoms with van der Waals surface area (Å²) in [5, 5.41) is 12.2. The maximum Gasteiger partial charge on any atom is 0.258 e. The Balaban J connectivity index is 2.63. The van der Waals surface area contributed by atoms with Gasteiger partial charge < -0.3 is 15.2 Å². The predicted octanol–water partition coefficient (Wildman–Crippen LogP) is 2.93. The van der Waals surface area contributed by atoms with E-state index < -0.39 is 0 Å². The molecule has 0 heterocycles. The van der Waals surface area contributed by atoms with Crippen molar-refractivity contribution in [3.8, 4) is 5.75 Å². The van der Waals surface area contributed by atoms with Gasteiger partial charge in [-0.05, 0) is 38.0 Å². The lowest BCUT2D eigenvalue weighted by Gasteiger charge is -2.16. The summed E-state index contributed by atoms with van der Waals surface area (Å²) in [4.78, 5) is 11.8. The maximum atomic E-state index is 11.8. The summed E-state index contributed by atoms with van der Waals surface area (Å²) in [6, 6.07) is 3.84. The highest BCUT2D eigenvalue weighted by Crippen LogP contribution is 2.28. The fourth-order valence-electron chi connectivity index (χ4n) is 2.08. The molecule has 0 fully saturated rings. The quantitative estimate of drug-likeness (QED) is 0.800. The maximum absolute atomic E-state index is 11.8. The van der Waals surface area contributed by atoms with Gasteiger partial charge >= 0.3 is 0 Å². The number of hydrogen-bond donors (Lipinski definition) is 2. The Bertz CT molecular complexity index is 463. The van der Waals surface area contributed by atoms with E-state index in [9.17, 15) is 9.90 Å². The van der Waals surface area contributed by atoms with E-state index in [1.165, 1.54) is 0 Å². The van der Waals surface area contributed by atoms with Gasteiger partial charge in [0.2, 0.25) is 0 Å². The number of hydrogen-bond acceptors (Lipinski definition) is 3. The largest absolute Gasteiger partial charge is 0.483 e. The minimum Gasteiger partial charge on any atom is -0.483 e. The first-order valence-electron chi connectivity index (χ1n) is 6.80. The minimum absolute atomic E-state index is 0.0382. The second-order valence-electron chi connectivity index (χ2n) is 4.91. The summed E-state index contributed by atoms with van der Waals surface area (Å²) in [6.45, 7) is 5.78. The molecule has 1 unspecified atom stereocenters. The number of aryl methyl sites for hydroxylation is 1. The van der Waals surface area contributed by atoms with Crippen molar-refractivity contribution in [3.63, 3.8) is 0 Å². The number of amides is 1. The highest BCUT2D eigenvalue weighted by atomic mass is 79.9. The number of carbonyl (C=O) groups is 1. The standard InChI is InChI=1S/C15H22BrNO3/c1-4-5-11(3)17-14(19)9-20-15-10(2)6-13(16)7-12(15)8-18/h6-7,11,18H,4-5,8-9H2,1-3H3,(H,17,19). The molecule has 1 rings (SSSR count). The fourth-order valence-corrected chi connectivity index (χ4v) is 2.70. The van der Waals surface area contributed by atoms with Crippen LogP contribution in [0.4, 0.5) is 0 Å². The van der Waals surface area contributed by atoms with E-state index in [4.69, 9.17) is 4.74 Å². The van der Waals surface area contributed by atoms with Crippen LogP contribution >= 0.6 is 15.9 Å². The summed E-state index contributed by atoms with van der Waals surface area (Å²) in [7, 11) is 0. The van der Waals surface area contributed by atoms with E-state index in [-0.39, 0.29) is 25.2 Å². The van der Waals surface area contributed by atoms with Crippen LogP contribution < -0.4 is 10.1 Å². The second-order valence-corrected chi connectivity index (χ2v) is 5.83. The molecule has 0 aliphatic heterocycles. The minimum atomic E-state index is -0.142. The first-order valence-corrected chi connectivity index (χ1v) is 7.59. The highest BCUT2D eigenvalue weighted by molar-refractivity contribution is 9.10. The molecule has 0 bridgehead atoms. The number of aliphatic hydroxyl groups is 1. The first kappa shape index (κ1) is 17.0. The van der Waals surface area contributed by atoms with Gasteiger partial charge in [0.25, 0.3) is 5.91 Å². The third-order valence-electron chi connectivity index (χ3n) is 2.96. The molecule has 2 N–H and O–H groups in total. The highest BCUT2D eigenvalue weighted by Gasteiger charge is 2.12. The molecule has 0 aliphatic carbocycles. The van der Waals surface area contributed by atoms with Crippen molar-refractivity contribution in [2.45, 2.75) is 46.3 Å². The zero-order valence-corrected chi connectivity index (χ0v) is 13.8. The van der Waals surface area contributed by atoms with Crippen molar-refractivity contribution < 1.29 is 14.6 Å². The molecular formula is C15H22BrNO3. The van der Waals surface area contributed by atoms with Crippen LogP contribution in [0, 0.1) is 6.92 Å². The molecule has 1 amide bonds. The number of halogens is 1. The third-order valence-corrected chi connectivity index (χ3v) is 3.42. The smallest absolute Gasteiger partial charge is 0.258 e. The Morgan fingerprint density at radius 1 is 1.50 bits per heavy atom. The molecule has 5 heteroatoms.